The van der Waals surface area contributed by atoms with Crippen LogP contribution in [-0.4, -0.2) is 23.0 Å². The van der Waals surface area contributed by atoms with E-state index in [-0.39, 0.29) is 24.8 Å². The standard InChI is InChI=1S/C15H27NO3/c1-5-11-6-7-12(10(11)2)16-13(17)8-15(3,4)9-14(18)19/h10-12H,5-9H2,1-4H3,(H,16,17)(H,18,19). The van der Waals surface area contributed by atoms with Gasteiger partial charge in [-0.05, 0) is 30.1 Å². The monoisotopic (exact) mass is 269 g/mol. The average molecular weight is 269 g/mol. The van der Waals surface area contributed by atoms with Crippen LogP contribution in [0.25, 0.3) is 0 Å². The number of nitrogens with one attached hydrogen (secondary N) is 1. The minimum absolute atomic E-state index is 0.0140. The molecular weight excluding hydrogens is 242 g/mol. The van der Waals surface area contributed by atoms with E-state index >= 15 is 0 Å². The van der Waals surface area contributed by atoms with Crippen LogP contribution in [0.15, 0.2) is 0 Å². The van der Waals surface area contributed by atoms with Gasteiger partial charge in [-0.3, -0.25) is 9.59 Å². The molecule has 1 saturated carbocycles. The van der Waals surface area contributed by atoms with Crippen molar-refractivity contribution in [2.75, 3.05) is 0 Å². The third-order valence-electron chi connectivity index (χ3n) is 4.37. The van der Waals surface area contributed by atoms with Crippen LogP contribution in [0.5, 0.6) is 0 Å². The zero-order chi connectivity index (χ0) is 14.6. The summed E-state index contributed by atoms with van der Waals surface area (Å²) in [6, 6.07) is 0.262. The lowest BCUT2D eigenvalue weighted by atomic mass is 9.85. The van der Waals surface area contributed by atoms with E-state index in [4.69, 9.17) is 5.11 Å². The summed E-state index contributed by atoms with van der Waals surface area (Å²) in [5.74, 6) is 0.367. The van der Waals surface area contributed by atoms with Crippen LogP contribution in [-0.2, 0) is 9.59 Å². The third kappa shape index (κ3) is 4.84. The summed E-state index contributed by atoms with van der Waals surface area (Å²) in [5, 5.41) is 11.9. The summed E-state index contributed by atoms with van der Waals surface area (Å²) < 4.78 is 0. The van der Waals surface area contributed by atoms with Crippen LogP contribution >= 0.6 is 0 Å². The second kappa shape index (κ2) is 6.40. The first-order valence-electron chi connectivity index (χ1n) is 7.26. The lowest BCUT2D eigenvalue weighted by molar-refractivity contribution is -0.139. The molecule has 0 saturated heterocycles. The molecule has 0 aromatic heterocycles. The van der Waals surface area contributed by atoms with Crippen LogP contribution in [0.2, 0.25) is 0 Å². The van der Waals surface area contributed by atoms with E-state index in [0.29, 0.717) is 11.8 Å². The number of carbonyl (C=O) groups is 2. The van der Waals surface area contributed by atoms with E-state index in [9.17, 15) is 9.59 Å². The Morgan fingerprint density at radius 3 is 2.37 bits per heavy atom. The Labute approximate surface area is 116 Å². The van der Waals surface area contributed by atoms with Gasteiger partial charge in [0.1, 0.15) is 0 Å². The molecule has 3 unspecified atom stereocenters. The Morgan fingerprint density at radius 2 is 1.89 bits per heavy atom. The lowest BCUT2D eigenvalue weighted by Crippen LogP contribution is -2.39. The van der Waals surface area contributed by atoms with Gasteiger partial charge >= 0.3 is 5.97 Å². The smallest absolute Gasteiger partial charge is 0.303 e. The molecule has 1 fully saturated rings. The molecule has 3 atom stereocenters. The highest BCUT2D eigenvalue weighted by molar-refractivity contribution is 5.78. The van der Waals surface area contributed by atoms with Crippen molar-refractivity contribution in [3.05, 3.63) is 0 Å². The van der Waals surface area contributed by atoms with Crippen molar-refractivity contribution >= 4 is 11.9 Å². The van der Waals surface area contributed by atoms with Gasteiger partial charge in [-0.25, -0.2) is 0 Å². The van der Waals surface area contributed by atoms with Crippen LogP contribution in [0.3, 0.4) is 0 Å². The highest BCUT2D eigenvalue weighted by atomic mass is 16.4. The maximum atomic E-state index is 12.0. The largest absolute Gasteiger partial charge is 0.481 e. The number of hydrogen-bond acceptors (Lipinski definition) is 2. The fourth-order valence-electron chi connectivity index (χ4n) is 3.19. The summed E-state index contributed by atoms with van der Waals surface area (Å²) >= 11 is 0. The van der Waals surface area contributed by atoms with Gasteiger partial charge in [-0.15, -0.1) is 0 Å². The van der Waals surface area contributed by atoms with Gasteiger partial charge in [-0.1, -0.05) is 34.1 Å². The van der Waals surface area contributed by atoms with Crippen molar-refractivity contribution in [2.24, 2.45) is 17.3 Å². The minimum Gasteiger partial charge on any atom is -0.481 e. The predicted octanol–water partition coefficient (Wildman–Crippen LogP) is 2.82. The normalized spacial score (nSPS) is 27.3. The van der Waals surface area contributed by atoms with Crippen LogP contribution in [0.1, 0.15) is 59.8 Å². The van der Waals surface area contributed by atoms with Crippen LogP contribution < -0.4 is 5.32 Å². The van der Waals surface area contributed by atoms with Gasteiger partial charge < -0.3 is 10.4 Å². The molecule has 2 N–H and O–H groups in total. The molecule has 110 valence electrons. The Balaban J connectivity index is 2.46. The van der Waals surface area contributed by atoms with E-state index in [1.807, 2.05) is 13.8 Å². The minimum atomic E-state index is -0.849. The summed E-state index contributed by atoms with van der Waals surface area (Å²) in [6.45, 7) is 8.05. The number of rotatable bonds is 6. The molecule has 0 aromatic rings. The fraction of sp³-hybridized carbons (Fsp3) is 0.867. The topological polar surface area (TPSA) is 66.4 Å². The second-order valence-electron chi connectivity index (χ2n) is 6.69. The van der Waals surface area contributed by atoms with E-state index in [1.54, 1.807) is 0 Å². The molecule has 4 nitrogen and oxygen atoms in total. The molecule has 0 bridgehead atoms. The second-order valence-corrected chi connectivity index (χ2v) is 6.69. The Morgan fingerprint density at radius 1 is 1.26 bits per heavy atom. The Hall–Kier alpha value is -1.06. The number of amides is 1. The average Bonchev–Trinajstić information content (AvgIpc) is 2.56. The van der Waals surface area contributed by atoms with Gasteiger partial charge in [0.05, 0.1) is 6.42 Å². The molecule has 0 heterocycles. The summed E-state index contributed by atoms with van der Waals surface area (Å²) in [6.07, 6.45) is 3.70. The number of carboxylic acid groups (broad SMARTS) is 1. The van der Waals surface area contributed by atoms with Crippen molar-refractivity contribution in [3.8, 4) is 0 Å². The first kappa shape index (κ1) is 16.0. The van der Waals surface area contributed by atoms with E-state index < -0.39 is 11.4 Å². The van der Waals surface area contributed by atoms with Crippen LogP contribution in [0, 0.1) is 17.3 Å². The molecule has 0 aromatic carbocycles. The maximum absolute atomic E-state index is 12.0. The molecule has 1 aliphatic rings. The van der Waals surface area contributed by atoms with Gasteiger partial charge in [-0.2, -0.15) is 0 Å². The number of aliphatic carboxylic acids is 1. The lowest BCUT2D eigenvalue weighted by Gasteiger charge is -2.25. The van der Waals surface area contributed by atoms with Crippen molar-refractivity contribution < 1.29 is 14.7 Å². The molecule has 4 heteroatoms. The zero-order valence-corrected chi connectivity index (χ0v) is 12.5. The Kier molecular flexibility index (Phi) is 5.39. The maximum Gasteiger partial charge on any atom is 0.303 e. The molecule has 0 radical (unpaired) electrons. The summed E-state index contributed by atoms with van der Waals surface area (Å²) in [4.78, 5) is 22.8. The molecular formula is C15H27NO3. The number of hydrogen-bond donors (Lipinski definition) is 2. The number of carbonyl (C=O) groups excluding carboxylic acids is 1. The van der Waals surface area contributed by atoms with Gasteiger partial charge in [0.25, 0.3) is 0 Å². The summed E-state index contributed by atoms with van der Waals surface area (Å²) in [5.41, 5.74) is -0.484. The van der Waals surface area contributed by atoms with E-state index in [2.05, 4.69) is 19.2 Å². The fourth-order valence-corrected chi connectivity index (χ4v) is 3.19. The van der Waals surface area contributed by atoms with Gasteiger partial charge in [0.15, 0.2) is 0 Å². The van der Waals surface area contributed by atoms with E-state index in [1.165, 1.54) is 6.42 Å². The summed E-state index contributed by atoms with van der Waals surface area (Å²) in [7, 11) is 0. The molecule has 1 amide bonds. The first-order chi connectivity index (χ1) is 8.75. The molecule has 0 aliphatic heterocycles. The zero-order valence-electron chi connectivity index (χ0n) is 12.5. The van der Waals surface area contributed by atoms with Crippen molar-refractivity contribution in [1.29, 1.82) is 0 Å². The molecule has 1 aliphatic carbocycles. The van der Waals surface area contributed by atoms with Crippen molar-refractivity contribution in [3.63, 3.8) is 0 Å². The molecule has 1 rings (SSSR count). The van der Waals surface area contributed by atoms with Crippen molar-refractivity contribution in [2.45, 2.75) is 65.8 Å². The SMILES string of the molecule is CCC1CCC(NC(=O)CC(C)(C)CC(=O)O)C1C. The predicted molar refractivity (Wildman–Crippen MR) is 74.8 cm³/mol. The quantitative estimate of drug-likeness (QED) is 0.779. The van der Waals surface area contributed by atoms with E-state index in [0.717, 1.165) is 12.8 Å². The highest BCUT2D eigenvalue weighted by Crippen LogP contribution is 2.34. The van der Waals surface area contributed by atoms with Crippen LogP contribution in [0.4, 0.5) is 0 Å². The first-order valence-corrected chi connectivity index (χ1v) is 7.26. The third-order valence-corrected chi connectivity index (χ3v) is 4.37. The van der Waals surface area contributed by atoms with Gasteiger partial charge in [0, 0.05) is 12.5 Å². The molecule has 19 heavy (non-hydrogen) atoms. The highest BCUT2D eigenvalue weighted by Gasteiger charge is 2.33. The molecule has 0 spiro atoms. The van der Waals surface area contributed by atoms with Crippen molar-refractivity contribution in [1.82, 2.24) is 5.32 Å². The van der Waals surface area contributed by atoms with Gasteiger partial charge in [0.2, 0.25) is 5.91 Å². The Bertz CT molecular complexity index is 338. The number of carboxylic acids is 1.